The van der Waals surface area contributed by atoms with Gasteiger partial charge in [0.2, 0.25) is 0 Å². The van der Waals surface area contributed by atoms with Crippen LogP contribution in [-0.2, 0) is 6.42 Å². The van der Waals surface area contributed by atoms with E-state index in [9.17, 15) is 0 Å². The van der Waals surface area contributed by atoms with Crippen molar-refractivity contribution in [2.24, 2.45) is 5.92 Å². The summed E-state index contributed by atoms with van der Waals surface area (Å²) in [6.07, 6.45) is 5.97. The highest BCUT2D eigenvalue weighted by molar-refractivity contribution is 5.27. The smallest absolute Gasteiger partial charge is 0.0669 e. The quantitative estimate of drug-likeness (QED) is 0.800. The molecule has 2 heteroatoms. The largest absolute Gasteiger partial charge is 0.198 e. The molecule has 0 atom stereocenters. The van der Waals surface area contributed by atoms with Crippen molar-refractivity contribution in [3.63, 3.8) is 0 Å². The summed E-state index contributed by atoms with van der Waals surface area (Å²) < 4.78 is 0. The average molecular weight is 238 g/mol. The van der Waals surface area contributed by atoms with Crippen LogP contribution < -0.4 is 0 Å². The third kappa shape index (κ3) is 3.11. The van der Waals surface area contributed by atoms with Crippen LogP contribution in [0.5, 0.6) is 0 Å². The normalized spacial score (nSPS) is 23.0. The fourth-order valence-electron chi connectivity index (χ4n) is 2.83. The number of hydrogen-bond acceptors (Lipinski definition) is 2. The fourth-order valence-corrected chi connectivity index (χ4v) is 2.83. The number of rotatable bonds is 3. The third-order valence-electron chi connectivity index (χ3n) is 3.96. The molecular weight excluding hydrogens is 220 g/mol. The summed E-state index contributed by atoms with van der Waals surface area (Å²) in [5.74, 6) is 1.26. The first kappa shape index (κ1) is 12.7. The number of hydrogen-bond donors (Lipinski definition) is 0. The molecule has 1 aromatic carbocycles. The zero-order valence-electron chi connectivity index (χ0n) is 10.6. The zero-order chi connectivity index (χ0) is 12.8. The summed E-state index contributed by atoms with van der Waals surface area (Å²) in [7, 11) is 0. The lowest BCUT2D eigenvalue weighted by molar-refractivity contribution is 0.330. The summed E-state index contributed by atoms with van der Waals surface area (Å²) in [6, 6.07) is 12.9. The molecule has 0 saturated heterocycles. The minimum absolute atomic E-state index is 0.495. The van der Waals surface area contributed by atoms with Crippen molar-refractivity contribution in [3.8, 4) is 12.1 Å². The summed E-state index contributed by atoms with van der Waals surface area (Å²) in [6.45, 7) is 0. The Bertz CT molecular complexity index is 453. The Kier molecular flexibility index (Phi) is 4.37. The Morgan fingerprint density at radius 1 is 0.944 bits per heavy atom. The van der Waals surface area contributed by atoms with E-state index < -0.39 is 0 Å². The number of benzene rings is 1. The maximum atomic E-state index is 8.71. The first-order valence-corrected chi connectivity index (χ1v) is 6.66. The van der Waals surface area contributed by atoms with E-state index in [0.717, 1.165) is 5.56 Å². The predicted octanol–water partition coefficient (Wildman–Crippen LogP) is 3.94. The summed E-state index contributed by atoms with van der Waals surface area (Å²) in [5.41, 5.74) is 2.49. The molecule has 0 N–H and O–H groups in total. The molecule has 0 unspecified atom stereocenters. The summed E-state index contributed by atoms with van der Waals surface area (Å²) >= 11 is 0. The van der Waals surface area contributed by atoms with Crippen molar-refractivity contribution in [3.05, 3.63) is 35.4 Å². The van der Waals surface area contributed by atoms with E-state index in [0.29, 0.717) is 24.7 Å². The van der Waals surface area contributed by atoms with Gasteiger partial charge in [-0.3, -0.25) is 0 Å². The van der Waals surface area contributed by atoms with E-state index >= 15 is 0 Å². The van der Waals surface area contributed by atoms with Crippen LogP contribution in [0.2, 0.25) is 0 Å². The lowest BCUT2D eigenvalue weighted by atomic mass is 9.77. The minimum atomic E-state index is 0.495. The summed E-state index contributed by atoms with van der Waals surface area (Å²) in [5, 5.41) is 17.3. The lowest BCUT2D eigenvalue weighted by Gasteiger charge is -2.27. The van der Waals surface area contributed by atoms with Gasteiger partial charge in [0.15, 0.2) is 0 Å². The third-order valence-corrected chi connectivity index (χ3v) is 3.96. The molecule has 0 heterocycles. The van der Waals surface area contributed by atoms with Gasteiger partial charge in [-0.25, -0.2) is 0 Å². The van der Waals surface area contributed by atoms with Crippen LogP contribution in [0.25, 0.3) is 0 Å². The zero-order valence-corrected chi connectivity index (χ0v) is 10.6. The van der Waals surface area contributed by atoms with Crippen LogP contribution in [-0.4, -0.2) is 0 Å². The second-order valence-electron chi connectivity index (χ2n) is 5.16. The molecule has 0 spiro atoms. The van der Waals surface area contributed by atoms with Crippen molar-refractivity contribution in [2.75, 3.05) is 0 Å². The lowest BCUT2D eigenvalue weighted by Crippen LogP contribution is -2.12. The van der Waals surface area contributed by atoms with Crippen LogP contribution in [0.4, 0.5) is 0 Å². The van der Waals surface area contributed by atoms with Crippen molar-refractivity contribution >= 4 is 0 Å². The molecule has 18 heavy (non-hydrogen) atoms. The fraction of sp³-hybridized carbons (Fsp3) is 0.500. The van der Waals surface area contributed by atoms with Gasteiger partial charge in [0.05, 0.1) is 18.6 Å². The molecule has 0 bridgehead atoms. The summed E-state index contributed by atoms with van der Waals surface area (Å²) in [4.78, 5) is 0. The van der Waals surface area contributed by atoms with Crippen molar-refractivity contribution < 1.29 is 0 Å². The SMILES string of the molecule is N#CCc1ccc(C2CCC(CC#N)CC2)cc1. The van der Waals surface area contributed by atoms with Gasteiger partial charge >= 0.3 is 0 Å². The molecule has 0 aliphatic heterocycles. The predicted molar refractivity (Wildman–Crippen MR) is 70.7 cm³/mol. The highest BCUT2D eigenvalue weighted by atomic mass is 14.3. The van der Waals surface area contributed by atoms with Crippen LogP contribution in [0.3, 0.4) is 0 Å². The Balaban J connectivity index is 1.93. The second kappa shape index (κ2) is 6.22. The van der Waals surface area contributed by atoms with E-state index in [4.69, 9.17) is 10.5 Å². The molecule has 1 saturated carbocycles. The Labute approximate surface area is 109 Å². The van der Waals surface area contributed by atoms with Gasteiger partial charge in [-0.05, 0) is 48.6 Å². The van der Waals surface area contributed by atoms with E-state index in [1.54, 1.807) is 0 Å². The molecule has 0 aromatic heterocycles. The standard InChI is InChI=1S/C16H18N2/c17-11-9-13-1-5-15(6-2-13)16-7-3-14(4-8-16)10-12-18/h1-2,5-6,14,16H,3-4,7-10H2. The van der Waals surface area contributed by atoms with Crippen LogP contribution in [0.1, 0.15) is 49.1 Å². The molecule has 1 aromatic rings. The van der Waals surface area contributed by atoms with Gasteiger partial charge in [0, 0.05) is 6.42 Å². The molecule has 1 fully saturated rings. The molecule has 1 aliphatic carbocycles. The molecule has 2 nitrogen and oxygen atoms in total. The highest BCUT2D eigenvalue weighted by Gasteiger charge is 2.21. The maximum absolute atomic E-state index is 8.71. The minimum Gasteiger partial charge on any atom is -0.198 e. The van der Waals surface area contributed by atoms with Gasteiger partial charge in [-0.15, -0.1) is 0 Å². The maximum Gasteiger partial charge on any atom is 0.0669 e. The first-order valence-electron chi connectivity index (χ1n) is 6.66. The number of nitrogens with zero attached hydrogens (tertiary/aromatic N) is 2. The molecule has 2 rings (SSSR count). The molecule has 92 valence electrons. The Morgan fingerprint density at radius 2 is 1.61 bits per heavy atom. The van der Waals surface area contributed by atoms with Crippen molar-refractivity contribution in [2.45, 2.75) is 44.4 Å². The van der Waals surface area contributed by atoms with E-state index in [1.165, 1.54) is 31.2 Å². The van der Waals surface area contributed by atoms with Gasteiger partial charge in [-0.1, -0.05) is 24.3 Å². The van der Waals surface area contributed by atoms with Crippen LogP contribution >= 0.6 is 0 Å². The van der Waals surface area contributed by atoms with Crippen molar-refractivity contribution in [1.82, 2.24) is 0 Å². The van der Waals surface area contributed by atoms with Gasteiger partial charge in [-0.2, -0.15) is 10.5 Å². The van der Waals surface area contributed by atoms with Gasteiger partial charge < -0.3 is 0 Å². The molecule has 1 aliphatic rings. The van der Waals surface area contributed by atoms with Gasteiger partial charge in [0.25, 0.3) is 0 Å². The molecule has 0 radical (unpaired) electrons. The van der Waals surface area contributed by atoms with Gasteiger partial charge in [0.1, 0.15) is 0 Å². The topological polar surface area (TPSA) is 47.6 Å². The van der Waals surface area contributed by atoms with Crippen molar-refractivity contribution in [1.29, 1.82) is 10.5 Å². The molecule has 0 amide bonds. The van der Waals surface area contributed by atoms with Crippen LogP contribution in [0.15, 0.2) is 24.3 Å². The Hall–Kier alpha value is -1.80. The van der Waals surface area contributed by atoms with E-state index in [2.05, 4.69) is 36.4 Å². The number of nitriles is 2. The van der Waals surface area contributed by atoms with E-state index in [-0.39, 0.29) is 0 Å². The Morgan fingerprint density at radius 3 is 2.17 bits per heavy atom. The highest BCUT2D eigenvalue weighted by Crippen LogP contribution is 2.36. The van der Waals surface area contributed by atoms with Crippen LogP contribution in [0, 0.1) is 28.6 Å². The second-order valence-corrected chi connectivity index (χ2v) is 5.16. The van der Waals surface area contributed by atoms with E-state index in [1.807, 2.05) is 0 Å². The molecular formula is C16H18N2. The monoisotopic (exact) mass is 238 g/mol. The average Bonchev–Trinajstić information content (AvgIpc) is 2.41. The first-order chi connectivity index (χ1) is 8.83.